The van der Waals surface area contributed by atoms with E-state index in [0.717, 1.165) is 21.5 Å². The van der Waals surface area contributed by atoms with Crippen molar-refractivity contribution in [3.63, 3.8) is 0 Å². The van der Waals surface area contributed by atoms with Gasteiger partial charge in [-0.25, -0.2) is 0 Å². The van der Waals surface area contributed by atoms with E-state index in [-0.39, 0.29) is 12.0 Å². The molecule has 0 fully saturated rings. The van der Waals surface area contributed by atoms with Gasteiger partial charge < -0.3 is 10.5 Å². The van der Waals surface area contributed by atoms with E-state index in [0.29, 0.717) is 11.4 Å². The number of nitrogens with two attached hydrogens (primary N) is 1. The summed E-state index contributed by atoms with van der Waals surface area (Å²) in [4.78, 5) is 11.9. The Morgan fingerprint density at radius 1 is 1.75 bits per heavy atom. The zero-order chi connectivity index (χ0) is 12.1. The molecule has 0 spiro atoms. The fourth-order valence-electron chi connectivity index (χ4n) is 1.26. The van der Waals surface area contributed by atoms with Crippen LogP contribution in [0.15, 0.2) is 9.85 Å². The summed E-state index contributed by atoms with van der Waals surface area (Å²) in [6.07, 6.45) is 1.88. The summed E-state index contributed by atoms with van der Waals surface area (Å²) in [7, 11) is 1.39. The predicted molar refractivity (Wildman–Crippen MR) is 69.8 cm³/mol. The van der Waals surface area contributed by atoms with E-state index in [1.54, 1.807) is 0 Å². The molecule has 1 aromatic heterocycles. The van der Waals surface area contributed by atoms with Crippen LogP contribution in [0.4, 0.5) is 0 Å². The fraction of sp³-hybridized carbons (Fsp3) is 0.500. The number of thiophene rings is 1. The molecular formula is C10H13BrClNO2S. The van der Waals surface area contributed by atoms with Crippen molar-refractivity contribution in [1.29, 1.82) is 0 Å². The van der Waals surface area contributed by atoms with Gasteiger partial charge in [0.15, 0.2) is 0 Å². The van der Waals surface area contributed by atoms with Crippen molar-refractivity contribution in [3.8, 4) is 0 Å². The van der Waals surface area contributed by atoms with E-state index in [4.69, 9.17) is 17.3 Å². The lowest BCUT2D eigenvalue weighted by atomic mass is 10.1. The summed E-state index contributed by atoms with van der Waals surface area (Å²) in [5, 5.41) is 0.684. The minimum atomic E-state index is -0.197. The summed E-state index contributed by atoms with van der Waals surface area (Å²) >= 11 is 10.8. The maximum absolute atomic E-state index is 10.9. The third kappa shape index (κ3) is 4.05. The van der Waals surface area contributed by atoms with Gasteiger partial charge in [-0.2, -0.15) is 0 Å². The number of ether oxygens (including phenoxy) is 1. The molecule has 0 bridgehead atoms. The molecule has 90 valence electrons. The minimum Gasteiger partial charge on any atom is -0.469 e. The first-order valence-corrected chi connectivity index (χ1v) is 6.80. The van der Waals surface area contributed by atoms with E-state index in [1.165, 1.54) is 18.4 Å². The fourth-order valence-corrected chi connectivity index (χ4v) is 3.04. The van der Waals surface area contributed by atoms with E-state index >= 15 is 0 Å². The van der Waals surface area contributed by atoms with Crippen LogP contribution in [0.25, 0.3) is 0 Å². The lowest BCUT2D eigenvalue weighted by Gasteiger charge is -2.08. The van der Waals surface area contributed by atoms with E-state index in [2.05, 4.69) is 20.7 Å². The Labute approximate surface area is 112 Å². The first-order valence-electron chi connectivity index (χ1n) is 4.81. The molecule has 1 unspecified atom stereocenters. The van der Waals surface area contributed by atoms with Crippen molar-refractivity contribution in [1.82, 2.24) is 0 Å². The molecule has 0 aliphatic heterocycles. The van der Waals surface area contributed by atoms with Crippen molar-refractivity contribution in [2.24, 2.45) is 5.73 Å². The third-order valence-corrected chi connectivity index (χ3v) is 4.76. The van der Waals surface area contributed by atoms with Crippen LogP contribution < -0.4 is 5.73 Å². The zero-order valence-corrected chi connectivity index (χ0v) is 12.0. The van der Waals surface area contributed by atoms with Crippen LogP contribution >= 0.6 is 38.9 Å². The molecule has 0 amide bonds. The van der Waals surface area contributed by atoms with E-state index in [9.17, 15) is 4.79 Å². The van der Waals surface area contributed by atoms with Crippen LogP contribution in [-0.4, -0.2) is 13.1 Å². The average molecular weight is 327 g/mol. The summed E-state index contributed by atoms with van der Waals surface area (Å²) in [6, 6.07) is 1.79. The first kappa shape index (κ1) is 14.0. The highest BCUT2D eigenvalue weighted by molar-refractivity contribution is 9.11. The molecule has 0 saturated carbocycles. The highest BCUT2D eigenvalue weighted by Crippen LogP contribution is 2.35. The van der Waals surface area contributed by atoms with Gasteiger partial charge in [-0.3, -0.25) is 4.79 Å². The molecule has 16 heavy (non-hydrogen) atoms. The maximum Gasteiger partial charge on any atom is 0.305 e. The van der Waals surface area contributed by atoms with Crippen LogP contribution in [0.2, 0.25) is 5.02 Å². The summed E-state index contributed by atoms with van der Waals surface area (Å²) in [6.45, 7) is 0. The highest BCUT2D eigenvalue weighted by atomic mass is 79.9. The van der Waals surface area contributed by atoms with Crippen LogP contribution in [0.5, 0.6) is 0 Å². The van der Waals surface area contributed by atoms with E-state index in [1.807, 2.05) is 6.07 Å². The van der Waals surface area contributed by atoms with Gasteiger partial charge in [0.1, 0.15) is 0 Å². The largest absolute Gasteiger partial charge is 0.469 e. The van der Waals surface area contributed by atoms with Gasteiger partial charge in [0, 0.05) is 17.3 Å². The molecule has 0 aromatic carbocycles. The van der Waals surface area contributed by atoms with E-state index < -0.39 is 0 Å². The molecule has 3 nitrogen and oxygen atoms in total. The molecule has 1 aromatic rings. The van der Waals surface area contributed by atoms with Gasteiger partial charge in [0.05, 0.1) is 15.9 Å². The van der Waals surface area contributed by atoms with Crippen molar-refractivity contribution in [2.45, 2.75) is 25.3 Å². The number of carbonyl (C=O) groups is 1. The second-order valence-electron chi connectivity index (χ2n) is 3.35. The Balaban J connectivity index is 2.40. The lowest BCUT2D eigenvalue weighted by molar-refractivity contribution is -0.140. The summed E-state index contributed by atoms with van der Waals surface area (Å²) in [5.41, 5.74) is 5.98. The molecule has 1 heterocycles. The number of carbonyl (C=O) groups excluding carboxylic acids is 1. The van der Waals surface area contributed by atoms with Gasteiger partial charge in [0.2, 0.25) is 0 Å². The number of hydrogen-bond donors (Lipinski definition) is 1. The van der Waals surface area contributed by atoms with Crippen molar-refractivity contribution in [2.75, 3.05) is 7.11 Å². The molecule has 2 N–H and O–H groups in total. The quantitative estimate of drug-likeness (QED) is 0.842. The molecule has 0 radical (unpaired) electrons. The van der Waals surface area contributed by atoms with Crippen molar-refractivity contribution >= 4 is 44.8 Å². The summed E-state index contributed by atoms with van der Waals surface area (Å²) in [5.74, 6) is -0.197. The standard InChI is InChI=1S/C10H13BrClNO2S/c1-15-9(14)4-2-3-7(13)8-5-6(12)10(11)16-8/h5,7H,2-4,13H2,1H3. The molecule has 0 aliphatic carbocycles. The topological polar surface area (TPSA) is 52.3 Å². The van der Waals surface area contributed by atoms with Crippen molar-refractivity contribution < 1.29 is 9.53 Å². The Morgan fingerprint density at radius 3 is 2.94 bits per heavy atom. The van der Waals surface area contributed by atoms with Crippen LogP contribution in [0.3, 0.4) is 0 Å². The minimum absolute atomic E-state index is 0.0709. The zero-order valence-electron chi connectivity index (χ0n) is 8.83. The second-order valence-corrected chi connectivity index (χ2v) is 6.15. The normalized spacial score (nSPS) is 12.5. The number of rotatable bonds is 5. The smallest absolute Gasteiger partial charge is 0.305 e. The third-order valence-electron chi connectivity index (χ3n) is 2.15. The van der Waals surface area contributed by atoms with Gasteiger partial charge >= 0.3 is 5.97 Å². The lowest BCUT2D eigenvalue weighted by Crippen LogP contribution is -2.09. The Hall–Kier alpha value is -0.100. The highest BCUT2D eigenvalue weighted by Gasteiger charge is 2.12. The summed E-state index contributed by atoms with van der Waals surface area (Å²) < 4.78 is 5.45. The van der Waals surface area contributed by atoms with Gasteiger partial charge in [-0.15, -0.1) is 11.3 Å². The number of esters is 1. The molecule has 1 rings (SSSR count). The van der Waals surface area contributed by atoms with Crippen LogP contribution in [0.1, 0.15) is 30.2 Å². The molecular weight excluding hydrogens is 314 g/mol. The number of methoxy groups -OCH3 is 1. The molecule has 6 heteroatoms. The van der Waals surface area contributed by atoms with Gasteiger partial charge in [-0.05, 0) is 34.8 Å². The maximum atomic E-state index is 10.9. The Kier molecular flexibility index (Phi) is 5.75. The molecule has 1 atom stereocenters. The average Bonchev–Trinajstić information content (AvgIpc) is 2.59. The number of hydrogen-bond acceptors (Lipinski definition) is 4. The second kappa shape index (κ2) is 6.59. The molecule has 0 aliphatic rings. The Morgan fingerprint density at radius 2 is 2.44 bits per heavy atom. The first-order chi connectivity index (χ1) is 7.54. The monoisotopic (exact) mass is 325 g/mol. The van der Waals surface area contributed by atoms with Gasteiger partial charge in [-0.1, -0.05) is 11.6 Å². The predicted octanol–water partition coefficient (Wildman–Crippen LogP) is 3.51. The van der Waals surface area contributed by atoms with Gasteiger partial charge in [0.25, 0.3) is 0 Å². The SMILES string of the molecule is COC(=O)CCCC(N)c1cc(Cl)c(Br)s1. The van der Waals surface area contributed by atoms with Crippen LogP contribution in [0, 0.1) is 0 Å². The van der Waals surface area contributed by atoms with Crippen molar-refractivity contribution in [3.05, 3.63) is 19.8 Å². The van der Waals surface area contributed by atoms with Crippen LogP contribution in [-0.2, 0) is 9.53 Å². The molecule has 0 saturated heterocycles. The number of halogens is 2. The Bertz CT molecular complexity index is 350.